The van der Waals surface area contributed by atoms with Crippen molar-refractivity contribution in [3.05, 3.63) is 39.5 Å². The average Bonchev–Trinajstić information content (AvgIpc) is 2.41. The number of hydrogen-bond acceptors (Lipinski definition) is 4. The lowest BCUT2D eigenvalue weighted by molar-refractivity contribution is 0.425. The van der Waals surface area contributed by atoms with Gasteiger partial charge in [-0.1, -0.05) is 34.8 Å². The number of hydrogen-bond donors (Lipinski definition) is 1. The summed E-state index contributed by atoms with van der Waals surface area (Å²) in [7, 11) is 4.02. The molecule has 1 aromatic heterocycles. The zero-order valence-electron chi connectivity index (χ0n) is 11.7. The summed E-state index contributed by atoms with van der Waals surface area (Å²) in [6, 6.07) is 6.93. The number of halogens is 3. The van der Waals surface area contributed by atoms with Crippen LogP contribution < -0.4 is 5.32 Å². The van der Waals surface area contributed by atoms with Crippen molar-refractivity contribution >= 4 is 40.6 Å². The Morgan fingerprint density at radius 3 is 2.48 bits per heavy atom. The Labute approximate surface area is 139 Å². The molecule has 4 nitrogen and oxygen atoms in total. The summed E-state index contributed by atoms with van der Waals surface area (Å²) in [5.74, 6) is 1.19. The van der Waals surface area contributed by atoms with Gasteiger partial charge in [0, 0.05) is 24.7 Å². The van der Waals surface area contributed by atoms with Crippen LogP contribution in [0, 0.1) is 0 Å². The van der Waals surface area contributed by atoms with E-state index in [2.05, 4.69) is 20.2 Å². The van der Waals surface area contributed by atoms with E-state index in [0.29, 0.717) is 26.8 Å². The van der Waals surface area contributed by atoms with Crippen LogP contribution >= 0.6 is 34.8 Å². The molecule has 1 heterocycles. The Morgan fingerprint density at radius 1 is 1.05 bits per heavy atom. The van der Waals surface area contributed by atoms with Crippen molar-refractivity contribution in [2.75, 3.05) is 32.5 Å². The third-order valence-corrected chi connectivity index (χ3v) is 3.67. The molecule has 0 saturated carbocycles. The summed E-state index contributed by atoms with van der Waals surface area (Å²) in [4.78, 5) is 10.7. The van der Waals surface area contributed by atoms with Crippen molar-refractivity contribution in [2.45, 2.75) is 0 Å². The van der Waals surface area contributed by atoms with Crippen molar-refractivity contribution in [3.63, 3.8) is 0 Å². The van der Waals surface area contributed by atoms with Crippen molar-refractivity contribution in [1.82, 2.24) is 14.9 Å². The molecular formula is C14H15Cl3N4. The second-order valence-electron chi connectivity index (χ2n) is 4.76. The van der Waals surface area contributed by atoms with Crippen LogP contribution in [0.15, 0.2) is 24.3 Å². The third-order valence-electron chi connectivity index (χ3n) is 2.74. The van der Waals surface area contributed by atoms with Gasteiger partial charge in [-0.15, -0.1) is 0 Å². The quantitative estimate of drug-likeness (QED) is 0.829. The van der Waals surface area contributed by atoms with E-state index in [-0.39, 0.29) is 0 Å². The summed E-state index contributed by atoms with van der Waals surface area (Å²) in [6.07, 6.45) is 0. The van der Waals surface area contributed by atoms with Gasteiger partial charge in [0.25, 0.3) is 0 Å². The second kappa shape index (κ2) is 7.27. The van der Waals surface area contributed by atoms with Crippen molar-refractivity contribution in [1.29, 1.82) is 0 Å². The van der Waals surface area contributed by atoms with Crippen LogP contribution in [0.25, 0.3) is 11.4 Å². The van der Waals surface area contributed by atoms with Crippen LogP contribution in [0.4, 0.5) is 5.82 Å². The molecule has 0 fully saturated rings. The summed E-state index contributed by atoms with van der Waals surface area (Å²) in [5, 5.41) is 4.54. The zero-order chi connectivity index (χ0) is 15.4. The maximum absolute atomic E-state index is 6.05. The van der Waals surface area contributed by atoms with E-state index in [1.807, 2.05) is 20.2 Å². The van der Waals surface area contributed by atoms with Gasteiger partial charge in [0.2, 0.25) is 0 Å². The Bertz CT molecular complexity index is 632. The number of likely N-dealkylation sites (N-methyl/N-ethyl adjacent to an activating group) is 1. The Balaban J connectivity index is 2.23. The number of anilines is 1. The van der Waals surface area contributed by atoms with Crippen molar-refractivity contribution in [3.8, 4) is 11.4 Å². The molecule has 0 spiro atoms. The largest absolute Gasteiger partial charge is 0.369 e. The van der Waals surface area contributed by atoms with Gasteiger partial charge in [-0.3, -0.25) is 0 Å². The molecule has 0 bridgehead atoms. The van der Waals surface area contributed by atoms with E-state index in [1.54, 1.807) is 18.2 Å². The Morgan fingerprint density at radius 2 is 1.81 bits per heavy atom. The Kier molecular flexibility index (Phi) is 5.65. The minimum atomic E-state index is 0.374. The first-order valence-electron chi connectivity index (χ1n) is 6.34. The fourth-order valence-electron chi connectivity index (χ4n) is 1.68. The maximum atomic E-state index is 6.05. The van der Waals surface area contributed by atoms with Crippen LogP contribution in [0.3, 0.4) is 0 Å². The maximum Gasteiger partial charge on any atom is 0.163 e. The molecule has 0 atom stereocenters. The molecule has 0 amide bonds. The minimum absolute atomic E-state index is 0.374. The highest BCUT2D eigenvalue weighted by atomic mass is 35.5. The molecule has 1 N–H and O–H groups in total. The zero-order valence-corrected chi connectivity index (χ0v) is 14.0. The third kappa shape index (κ3) is 4.71. The highest BCUT2D eigenvalue weighted by Gasteiger charge is 2.08. The van der Waals surface area contributed by atoms with Gasteiger partial charge in [-0.2, -0.15) is 0 Å². The van der Waals surface area contributed by atoms with Gasteiger partial charge < -0.3 is 10.2 Å². The fraction of sp³-hybridized carbons (Fsp3) is 0.286. The summed E-state index contributed by atoms with van der Waals surface area (Å²) in [6.45, 7) is 1.66. The van der Waals surface area contributed by atoms with E-state index in [1.165, 1.54) is 0 Å². The number of benzene rings is 1. The molecular weight excluding hydrogens is 331 g/mol. The van der Waals surface area contributed by atoms with Crippen LogP contribution in [0.1, 0.15) is 0 Å². The predicted molar refractivity (Wildman–Crippen MR) is 89.5 cm³/mol. The molecule has 0 saturated heterocycles. The molecule has 7 heteroatoms. The normalized spacial score (nSPS) is 11.0. The highest BCUT2D eigenvalue weighted by Crippen LogP contribution is 2.28. The lowest BCUT2D eigenvalue weighted by atomic mass is 10.2. The van der Waals surface area contributed by atoms with E-state index >= 15 is 0 Å². The van der Waals surface area contributed by atoms with Gasteiger partial charge in [0.15, 0.2) is 5.82 Å². The predicted octanol–water partition coefficient (Wildman–Crippen LogP) is 4.08. The number of rotatable bonds is 5. The standard InChI is InChI=1S/C14H15Cl3N4/c1-21(2)6-5-18-13-8-12(17)19-14(20-13)9-3-4-10(15)11(16)7-9/h3-4,7-8H,5-6H2,1-2H3,(H,18,19,20). The van der Waals surface area contributed by atoms with Crippen molar-refractivity contribution < 1.29 is 0 Å². The van der Waals surface area contributed by atoms with Crippen molar-refractivity contribution in [2.24, 2.45) is 0 Å². The van der Waals surface area contributed by atoms with E-state index in [9.17, 15) is 0 Å². The van der Waals surface area contributed by atoms with E-state index < -0.39 is 0 Å². The van der Waals surface area contributed by atoms with Gasteiger partial charge in [0.05, 0.1) is 10.0 Å². The van der Waals surface area contributed by atoms with Crippen LogP contribution in [-0.4, -0.2) is 42.1 Å². The van der Waals surface area contributed by atoms with Gasteiger partial charge >= 0.3 is 0 Å². The summed E-state index contributed by atoms with van der Waals surface area (Å²) in [5.41, 5.74) is 0.766. The first-order valence-corrected chi connectivity index (χ1v) is 7.47. The average molecular weight is 346 g/mol. The molecule has 1 aromatic carbocycles. The molecule has 21 heavy (non-hydrogen) atoms. The van der Waals surface area contributed by atoms with Crippen LogP contribution in [0.5, 0.6) is 0 Å². The molecule has 2 rings (SSSR count). The monoisotopic (exact) mass is 344 g/mol. The summed E-state index contributed by atoms with van der Waals surface area (Å²) < 4.78 is 0. The number of aromatic nitrogens is 2. The molecule has 0 aliphatic heterocycles. The van der Waals surface area contributed by atoms with Gasteiger partial charge in [0.1, 0.15) is 11.0 Å². The second-order valence-corrected chi connectivity index (χ2v) is 5.96. The first-order chi connectivity index (χ1) is 9.95. The topological polar surface area (TPSA) is 41.0 Å². The van der Waals surface area contributed by atoms with Gasteiger partial charge in [-0.25, -0.2) is 9.97 Å². The molecule has 0 radical (unpaired) electrons. The number of nitrogens with zero attached hydrogens (tertiary/aromatic N) is 3. The molecule has 0 aliphatic rings. The van der Waals surface area contributed by atoms with E-state index in [0.717, 1.165) is 18.7 Å². The fourth-order valence-corrected chi connectivity index (χ4v) is 2.16. The lowest BCUT2D eigenvalue weighted by Crippen LogP contribution is -2.21. The molecule has 0 aliphatic carbocycles. The first kappa shape index (κ1) is 16.3. The minimum Gasteiger partial charge on any atom is -0.369 e. The van der Waals surface area contributed by atoms with Crippen LogP contribution in [-0.2, 0) is 0 Å². The SMILES string of the molecule is CN(C)CCNc1cc(Cl)nc(-c2ccc(Cl)c(Cl)c2)n1. The Hall–Kier alpha value is -1.07. The van der Waals surface area contributed by atoms with Crippen LogP contribution in [0.2, 0.25) is 15.2 Å². The van der Waals surface area contributed by atoms with Gasteiger partial charge in [-0.05, 0) is 32.3 Å². The lowest BCUT2D eigenvalue weighted by Gasteiger charge is -2.11. The molecule has 0 unspecified atom stereocenters. The molecule has 112 valence electrons. The summed E-state index contributed by atoms with van der Waals surface area (Å²) >= 11 is 18.0. The highest BCUT2D eigenvalue weighted by molar-refractivity contribution is 6.42. The smallest absolute Gasteiger partial charge is 0.163 e. The molecule has 2 aromatic rings. The number of nitrogens with one attached hydrogen (secondary N) is 1. The van der Waals surface area contributed by atoms with E-state index in [4.69, 9.17) is 34.8 Å².